The van der Waals surface area contributed by atoms with Gasteiger partial charge in [-0.1, -0.05) is 159 Å². The standard InChI is InChI=1S/C43H30/c1-43(2)38-23-10-9-16-29(38)36-25-26-37(35-22-12-24-39(43)42(35)36)41-33-19-7-5-17-31(33)40(32-18-6-8-20-34(32)41)30-21-11-14-27-13-3-4-15-28(27)30/h3-26H,1-2H3. The van der Waals surface area contributed by atoms with E-state index in [0.717, 1.165) is 0 Å². The highest BCUT2D eigenvalue weighted by Crippen LogP contribution is 2.52. The third-order valence-corrected chi connectivity index (χ3v) is 9.86. The van der Waals surface area contributed by atoms with E-state index in [9.17, 15) is 0 Å². The lowest BCUT2D eigenvalue weighted by molar-refractivity contribution is 0.645. The van der Waals surface area contributed by atoms with Crippen molar-refractivity contribution in [2.45, 2.75) is 19.3 Å². The molecule has 0 heterocycles. The Morgan fingerprint density at radius 3 is 1.47 bits per heavy atom. The van der Waals surface area contributed by atoms with Crippen LogP contribution < -0.4 is 0 Å². The van der Waals surface area contributed by atoms with Crippen molar-refractivity contribution < 1.29 is 0 Å². The van der Waals surface area contributed by atoms with Crippen LogP contribution in [0, 0.1) is 0 Å². The highest BCUT2D eigenvalue weighted by molar-refractivity contribution is 6.26. The summed E-state index contributed by atoms with van der Waals surface area (Å²) >= 11 is 0. The maximum absolute atomic E-state index is 2.38. The van der Waals surface area contributed by atoms with E-state index in [1.165, 1.54) is 87.6 Å². The second kappa shape index (κ2) is 8.90. The lowest BCUT2D eigenvalue weighted by Gasteiger charge is -2.35. The zero-order chi connectivity index (χ0) is 28.7. The van der Waals surface area contributed by atoms with Gasteiger partial charge in [-0.25, -0.2) is 0 Å². The van der Waals surface area contributed by atoms with Crippen LogP contribution in [0.3, 0.4) is 0 Å². The molecule has 0 aromatic heterocycles. The molecule has 8 aromatic rings. The molecule has 0 N–H and O–H groups in total. The Hall–Kier alpha value is -5.20. The van der Waals surface area contributed by atoms with Gasteiger partial charge in [-0.05, 0) is 87.6 Å². The zero-order valence-corrected chi connectivity index (χ0v) is 24.4. The number of fused-ring (bicyclic) bond motifs is 5. The van der Waals surface area contributed by atoms with E-state index in [-0.39, 0.29) is 5.41 Å². The van der Waals surface area contributed by atoms with Gasteiger partial charge in [-0.2, -0.15) is 0 Å². The number of benzene rings is 8. The van der Waals surface area contributed by atoms with Gasteiger partial charge in [0.25, 0.3) is 0 Å². The van der Waals surface area contributed by atoms with Crippen molar-refractivity contribution >= 4 is 43.1 Å². The third kappa shape index (κ3) is 3.32. The molecule has 1 aliphatic rings. The van der Waals surface area contributed by atoms with Gasteiger partial charge in [-0.15, -0.1) is 0 Å². The van der Waals surface area contributed by atoms with E-state index in [4.69, 9.17) is 0 Å². The summed E-state index contributed by atoms with van der Waals surface area (Å²) in [5, 5.41) is 10.4. The molecule has 0 amide bonds. The van der Waals surface area contributed by atoms with Gasteiger partial charge in [0.2, 0.25) is 0 Å². The summed E-state index contributed by atoms with van der Waals surface area (Å²) in [4.78, 5) is 0. The quantitative estimate of drug-likeness (QED) is 0.189. The first-order valence-corrected chi connectivity index (χ1v) is 15.2. The molecule has 0 saturated heterocycles. The van der Waals surface area contributed by atoms with E-state index in [2.05, 4.69) is 159 Å². The Morgan fingerprint density at radius 2 is 0.767 bits per heavy atom. The fourth-order valence-corrected chi connectivity index (χ4v) is 7.93. The first-order valence-electron chi connectivity index (χ1n) is 15.2. The zero-order valence-electron chi connectivity index (χ0n) is 24.4. The Balaban J connectivity index is 1.44. The molecular weight excluding hydrogens is 516 g/mol. The molecule has 0 unspecified atom stereocenters. The second-order valence-electron chi connectivity index (χ2n) is 12.4. The molecule has 0 spiro atoms. The SMILES string of the molecule is CC1(C)c2ccccc2-c2ccc(-c3c4ccccc4c(-c4cccc5ccccc45)c4ccccc34)c3cccc1c23. The molecule has 9 rings (SSSR count). The molecule has 202 valence electrons. The highest BCUT2D eigenvalue weighted by Gasteiger charge is 2.33. The summed E-state index contributed by atoms with van der Waals surface area (Å²) in [5.41, 5.74) is 10.6. The van der Waals surface area contributed by atoms with E-state index >= 15 is 0 Å². The average Bonchev–Trinajstić information content (AvgIpc) is 3.06. The lowest BCUT2D eigenvalue weighted by atomic mass is 9.68. The fourth-order valence-electron chi connectivity index (χ4n) is 7.93. The summed E-state index contributed by atoms with van der Waals surface area (Å²) < 4.78 is 0. The predicted molar refractivity (Wildman–Crippen MR) is 185 cm³/mol. The van der Waals surface area contributed by atoms with Crippen LogP contribution in [-0.2, 0) is 5.41 Å². The van der Waals surface area contributed by atoms with Crippen molar-refractivity contribution in [1.29, 1.82) is 0 Å². The minimum atomic E-state index is -0.0793. The Morgan fingerprint density at radius 1 is 0.326 bits per heavy atom. The first kappa shape index (κ1) is 24.4. The van der Waals surface area contributed by atoms with Crippen LogP contribution in [0.25, 0.3) is 76.5 Å². The topological polar surface area (TPSA) is 0 Å². The van der Waals surface area contributed by atoms with E-state index in [0.29, 0.717) is 0 Å². The van der Waals surface area contributed by atoms with Gasteiger partial charge in [0.05, 0.1) is 0 Å². The van der Waals surface area contributed by atoms with Crippen LogP contribution in [0.15, 0.2) is 146 Å². The van der Waals surface area contributed by atoms with Crippen LogP contribution in [-0.4, -0.2) is 0 Å². The largest absolute Gasteiger partial charge is 0.0619 e. The molecule has 8 aromatic carbocycles. The van der Waals surface area contributed by atoms with Gasteiger partial charge >= 0.3 is 0 Å². The first-order chi connectivity index (χ1) is 21.1. The molecule has 0 heteroatoms. The molecule has 0 atom stereocenters. The molecule has 0 fully saturated rings. The van der Waals surface area contributed by atoms with Crippen molar-refractivity contribution in [1.82, 2.24) is 0 Å². The fraction of sp³-hybridized carbons (Fsp3) is 0.0698. The summed E-state index contributed by atoms with van der Waals surface area (Å²) in [5.74, 6) is 0. The van der Waals surface area contributed by atoms with Crippen LogP contribution in [0.2, 0.25) is 0 Å². The highest BCUT2D eigenvalue weighted by atomic mass is 14.4. The van der Waals surface area contributed by atoms with Crippen LogP contribution >= 0.6 is 0 Å². The molecule has 0 nitrogen and oxygen atoms in total. The van der Waals surface area contributed by atoms with Crippen molar-refractivity contribution in [2.24, 2.45) is 0 Å². The number of hydrogen-bond donors (Lipinski definition) is 0. The molecule has 0 bridgehead atoms. The van der Waals surface area contributed by atoms with Gasteiger partial charge in [-0.3, -0.25) is 0 Å². The second-order valence-corrected chi connectivity index (χ2v) is 12.4. The molecule has 0 radical (unpaired) electrons. The van der Waals surface area contributed by atoms with E-state index in [1.54, 1.807) is 0 Å². The van der Waals surface area contributed by atoms with Crippen molar-refractivity contribution in [3.63, 3.8) is 0 Å². The van der Waals surface area contributed by atoms with Crippen molar-refractivity contribution in [2.75, 3.05) is 0 Å². The maximum Gasteiger partial charge on any atom is 0.0159 e. The van der Waals surface area contributed by atoms with Crippen LogP contribution in [0.1, 0.15) is 25.0 Å². The molecule has 0 aliphatic heterocycles. The van der Waals surface area contributed by atoms with Crippen molar-refractivity contribution in [3.8, 4) is 33.4 Å². The molecule has 0 saturated carbocycles. The molecule has 43 heavy (non-hydrogen) atoms. The summed E-state index contributed by atoms with van der Waals surface area (Å²) in [6, 6.07) is 54.1. The summed E-state index contributed by atoms with van der Waals surface area (Å²) in [6.45, 7) is 4.75. The lowest BCUT2D eigenvalue weighted by Crippen LogP contribution is -2.23. The molecular formula is C43H30. The predicted octanol–water partition coefficient (Wildman–Crippen LogP) is 11.9. The Labute approximate surface area is 251 Å². The normalized spacial score (nSPS) is 13.5. The van der Waals surface area contributed by atoms with Gasteiger partial charge in [0.1, 0.15) is 0 Å². The minimum Gasteiger partial charge on any atom is -0.0619 e. The third-order valence-electron chi connectivity index (χ3n) is 9.86. The van der Waals surface area contributed by atoms with Crippen molar-refractivity contribution in [3.05, 3.63) is 157 Å². The summed E-state index contributed by atoms with van der Waals surface area (Å²) in [6.07, 6.45) is 0. The van der Waals surface area contributed by atoms with E-state index < -0.39 is 0 Å². The Bertz CT molecular complexity index is 2360. The Kier molecular flexibility index (Phi) is 5.05. The monoisotopic (exact) mass is 546 g/mol. The van der Waals surface area contributed by atoms with Crippen LogP contribution in [0.4, 0.5) is 0 Å². The molecule has 1 aliphatic carbocycles. The van der Waals surface area contributed by atoms with Gasteiger partial charge < -0.3 is 0 Å². The minimum absolute atomic E-state index is 0.0793. The maximum atomic E-state index is 2.38. The number of hydrogen-bond acceptors (Lipinski definition) is 0. The average molecular weight is 547 g/mol. The van der Waals surface area contributed by atoms with Gasteiger partial charge in [0, 0.05) is 5.41 Å². The van der Waals surface area contributed by atoms with E-state index in [1.807, 2.05) is 0 Å². The number of rotatable bonds is 2. The van der Waals surface area contributed by atoms with Gasteiger partial charge in [0.15, 0.2) is 0 Å². The van der Waals surface area contributed by atoms with Crippen LogP contribution in [0.5, 0.6) is 0 Å². The smallest absolute Gasteiger partial charge is 0.0159 e. The summed E-state index contributed by atoms with van der Waals surface area (Å²) in [7, 11) is 0.